The van der Waals surface area contributed by atoms with E-state index in [4.69, 9.17) is 0 Å². The van der Waals surface area contributed by atoms with E-state index in [1.165, 1.54) is 18.4 Å². The Labute approximate surface area is 129 Å². The number of likely N-dealkylation sites (N-methyl/N-ethyl adjacent to an activating group) is 1. The van der Waals surface area contributed by atoms with Crippen LogP contribution in [0.3, 0.4) is 0 Å². The van der Waals surface area contributed by atoms with Crippen molar-refractivity contribution in [2.75, 3.05) is 20.6 Å². The summed E-state index contributed by atoms with van der Waals surface area (Å²) in [4.78, 5) is 2.28. The highest BCUT2D eigenvalue weighted by Gasteiger charge is 2.18. The fourth-order valence-corrected chi connectivity index (χ4v) is 2.77. The first-order chi connectivity index (χ1) is 9.95. The van der Waals surface area contributed by atoms with E-state index in [1.54, 1.807) is 12.1 Å². The van der Waals surface area contributed by atoms with Crippen LogP contribution >= 0.6 is 0 Å². The van der Waals surface area contributed by atoms with Crippen LogP contribution in [0.4, 0.5) is 4.39 Å². The summed E-state index contributed by atoms with van der Waals surface area (Å²) in [6.45, 7) is 7.67. The lowest BCUT2D eigenvalue weighted by Crippen LogP contribution is -2.42. The molecule has 0 bridgehead atoms. The molecule has 1 N–H and O–H groups in total. The molecule has 2 unspecified atom stereocenters. The second kappa shape index (κ2) is 9.16. The van der Waals surface area contributed by atoms with Crippen molar-refractivity contribution in [3.05, 3.63) is 35.6 Å². The van der Waals surface area contributed by atoms with E-state index in [-0.39, 0.29) is 5.82 Å². The Morgan fingerprint density at radius 3 is 2.24 bits per heavy atom. The average molecular weight is 294 g/mol. The smallest absolute Gasteiger partial charge is 0.123 e. The number of nitrogens with one attached hydrogen (secondary N) is 1. The third-order valence-electron chi connectivity index (χ3n) is 4.12. The molecule has 1 aromatic carbocycles. The van der Waals surface area contributed by atoms with Gasteiger partial charge >= 0.3 is 0 Å². The molecule has 0 spiro atoms. The van der Waals surface area contributed by atoms with Gasteiger partial charge in [-0.1, -0.05) is 45.7 Å². The fourth-order valence-electron chi connectivity index (χ4n) is 2.77. The molecular formula is C18H31FN2. The number of rotatable bonds is 9. The zero-order chi connectivity index (χ0) is 15.8. The molecule has 0 aliphatic carbocycles. The molecule has 0 heterocycles. The molecule has 1 aromatic rings. The van der Waals surface area contributed by atoms with Gasteiger partial charge in [-0.05, 0) is 44.1 Å². The predicted octanol–water partition coefficient (Wildman–Crippen LogP) is 4.23. The van der Waals surface area contributed by atoms with Gasteiger partial charge in [0.15, 0.2) is 0 Å². The van der Waals surface area contributed by atoms with Gasteiger partial charge in [0.1, 0.15) is 5.82 Å². The molecule has 0 aliphatic heterocycles. The molecule has 3 heteroatoms. The molecule has 0 saturated heterocycles. The standard InChI is InChI=1S/C18H31FN2/c1-6-7-8-17(15-9-11-16(19)12-10-15)20-13-18(14(2)3)21(4)5/h9-12,14,17-18,20H,6-8,13H2,1-5H3. The van der Waals surface area contributed by atoms with Crippen molar-refractivity contribution in [1.29, 1.82) is 0 Å². The Morgan fingerprint density at radius 2 is 1.76 bits per heavy atom. The van der Waals surface area contributed by atoms with E-state index in [2.05, 4.69) is 45.1 Å². The Bertz CT molecular complexity index is 379. The summed E-state index contributed by atoms with van der Waals surface area (Å²) >= 11 is 0. The lowest BCUT2D eigenvalue weighted by Gasteiger charge is -2.30. The minimum atomic E-state index is -0.165. The van der Waals surface area contributed by atoms with Crippen LogP contribution < -0.4 is 5.32 Å². The largest absolute Gasteiger partial charge is 0.308 e. The molecule has 21 heavy (non-hydrogen) atoms. The summed E-state index contributed by atoms with van der Waals surface area (Å²) in [6.07, 6.45) is 3.46. The molecule has 1 rings (SSSR count). The fraction of sp³-hybridized carbons (Fsp3) is 0.667. The Kier molecular flexibility index (Phi) is 7.91. The second-order valence-corrected chi connectivity index (χ2v) is 6.43. The van der Waals surface area contributed by atoms with E-state index in [1.807, 2.05) is 12.1 Å². The van der Waals surface area contributed by atoms with Gasteiger partial charge in [-0.3, -0.25) is 0 Å². The summed E-state index contributed by atoms with van der Waals surface area (Å²) in [6, 6.07) is 7.75. The lowest BCUT2D eigenvalue weighted by atomic mass is 9.98. The third kappa shape index (κ3) is 6.15. The zero-order valence-electron chi connectivity index (χ0n) is 14.2. The van der Waals surface area contributed by atoms with E-state index in [0.717, 1.165) is 13.0 Å². The highest BCUT2D eigenvalue weighted by atomic mass is 19.1. The van der Waals surface area contributed by atoms with E-state index in [9.17, 15) is 4.39 Å². The van der Waals surface area contributed by atoms with Crippen LogP contribution in [0.1, 0.15) is 51.6 Å². The topological polar surface area (TPSA) is 15.3 Å². The first-order valence-electron chi connectivity index (χ1n) is 8.11. The number of unbranched alkanes of at least 4 members (excludes halogenated alkanes) is 1. The highest BCUT2D eigenvalue weighted by molar-refractivity contribution is 5.20. The van der Waals surface area contributed by atoms with Crippen molar-refractivity contribution in [2.24, 2.45) is 5.92 Å². The van der Waals surface area contributed by atoms with Gasteiger partial charge in [0, 0.05) is 18.6 Å². The van der Waals surface area contributed by atoms with Gasteiger partial charge in [-0.15, -0.1) is 0 Å². The van der Waals surface area contributed by atoms with Crippen molar-refractivity contribution >= 4 is 0 Å². The molecule has 0 amide bonds. The highest BCUT2D eigenvalue weighted by Crippen LogP contribution is 2.20. The molecule has 120 valence electrons. The molecule has 0 aromatic heterocycles. The van der Waals surface area contributed by atoms with Gasteiger partial charge in [0.2, 0.25) is 0 Å². The first-order valence-corrected chi connectivity index (χ1v) is 8.11. The van der Waals surface area contributed by atoms with Crippen LogP contribution in [0.15, 0.2) is 24.3 Å². The summed E-state index contributed by atoms with van der Waals surface area (Å²) in [5.41, 5.74) is 1.19. The van der Waals surface area contributed by atoms with Crippen molar-refractivity contribution < 1.29 is 4.39 Å². The van der Waals surface area contributed by atoms with Gasteiger partial charge in [-0.25, -0.2) is 4.39 Å². The minimum absolute atomic E-state index is 0.165. The van der Waals surface area contributed by atoms with Gasteiger partial charge in [0.05, 0.1) is 0 Å². The van der Waals surface area contributed by atoms with Crippen LogP contribution in [0.5, 0.6) is 0 Å². The van der Waals surface area contributed by atoms with Crippen LogP contribution in [-0.2, 0) is 0 Å². The van der Waals surface area contributed by atoms with E-state index in [0.29, 0.717) is 18.0 Å². The van der Waals surface area contributed by atoms with Gasteiger partial charge < -0.3 is 10.2 Å². The average Bonchev–Trinajstić information content (AvgIpc) is 2.43. The third-order valence-corrected chi connectivity index (χ3v) is 4.12. The summed E-state index contributed by atoms with van der Waals surface area (Å²) < 4.78 is 13.1. The van der Waals surface area contributed by atoms with Crippen LogP contribution in [0, 0.1) is 11.7 Å². The second-order valence-electron chi connectivity index (χ2n) is 6.43. The molecule has 0 radical (unpaired) electrons. The van der Waals surface area contributed by atoms with E-state index >= 15 is 0 Å². The SMILES string of the molecule is CCCCC(NCC(C(C)C)N(C)C)c1ccc(F)cc1. The molecule has 0 saturated carbocycles. The molecule has 0 fully saturated rings. The number of halogens is 1. The summed E-state index contributed by atoms with van der Waals surface area (Å²) in [5, 5.41) is 3.69. The monoisotopic (exact) mass is 294 g/mol. The predicted molar refractivity (Wildman–Crippen MR) is 89.0 cm³/mol. The van der Waals surface area contributed by atoms with Crippen molar-refractivity contribution in [1.82, 2.24) is 10.2 Å². The van der Waals surface area contributed by atoms with Gasteiger partial charge in [-0.2, -0.15) is 0 Å². The maximum Gasteiger partial charge on any atom is 0.123 e. The Morgan fingerprint density at radius 1 is 1.14 bits per heavy atom. The molecule has 0 aliphatic rings. The lowest BCUT2D eigenvalue weighted by molar-refractivity contribution is 0.217. The van der Waals surface area contributed by atoms with Crippen molar-refractivity contribution in [3.63, 3.8) is 0 Å². The Hall–Kier alpha value is -0.930. The van der Waals surface area contributed by atoms with Crippen LogP contribution in [0.25, 0.3) is 0 Å². The summed E-state index contributed by atoms with van der Waals surface area (Å²) in [7, 11) is 4.26. The zero-order valence-corrected chi connectivity index (χ0v) is 14.2. The molecule has 2 atom stereocenters. The number of nitrogens with zero attached hydrogens (tertiary/aromatic N) is 1. The quantitative estimate of drug-likeness (QED) is 0.733. The van der Waals surface area contributed by atoms with Crippen molar-refractivity contribution in [2.45, 2.75) is 52.1 Å². The van der Waals surface area contributed by atoms with Crippen LogP contribution in [0.2, 0.25) is 0 Å². The Balaban J connectivity index is 2.71. The normalized spacial score (nSPS) is 14.7. The van der Waals surface area contributed by atoms with Crippen molar-refractivity contribution in [3.8, 4) is 0 Å². The minimum Gasteiger partial charge on any atom is -0.308 e. The number of hydrogen-bond donors (Lipinski definition) is 1. The first kappa shape index (κ1) is 18.1. The molecule has 2 nitrogen and oxygen atoms in total. The van der Waals surface area contributed by atoms with E-state index < -0.39 is 0 Å². The summed E-state index contributed by atoms with van der Waals surface area (Å²) in [5.74, 6) is 0.439. The van der Waals surface area contributed by atoms with Gasteiger partial charge in [0.25, 0.3) is 0 Å². The molecular weight excluding hydrogens is 263 g/mol. The number of hydrogen-bond acceptors (Lipinski definition) is 2. The van der Waals surface area contributed by atoms with Crippen LogP contribution in [-0.4, -0.2) is 31.6 Å². The maximum atomic E-state index is 13.1. The number of benzene rings is 1. The maximum absolute atomic E-state index is 13.1.